The first kappa shape index (κ1) is 12.8. The Morgan fingerprint density at radius 1 is 1.18 bits per heavy atom. The van der Waals surface area contributed by atoms with Crippen LogP contribution in [0.4, 0.5) is 11.5 Å². The second kappa shape index (κ2) is 5.15. The summed E-state index contributed by atoms with van der Waals surface area (Å²) in [6.45, 7) is 1.99. The zero-order valence-corrected chi connectivity index (χ0v) is 12.4. The van der Waals surface area contributed by atoms with Gasteiger partial charge in [-0.3, -0.25) is 0 Å². The molecule has 0 aliphatic rings. The van der Waals surface area contributed by atoms with E-state index in [1.54, 1.807) is 11.3 Å². The molecular formula is C14H11N7S. The monoisotopic (exact) mass is 309 g/mol. The van der Waals surface area contributed by atoms with Gasteiger partial charge >= 0.3 is 0 Å². The molecule has 0 fully saturated rings. The topological polar surface area (TPSA) is 80.9 Å². The quantitative estimate of drug-likeness (QED) is 0.626. The number of thiazole rings is 1. The van der Waals surface area contributed by atoms with Crippen LogP contribution in [0, 0.1) is 6.92 Å². The van der Waals surface area contributed by atoms with E-state index in [1.807, 2.05) is 48.7 Å². The number of nitrogens with one attached hydrogen (secondary N) is 1. The van der Waals surface area contributed by atoms with Gasteiger partial charge in [0.05, 0.1) is 0 Å². The molecular weight excluding hydrogens is 298 g/mol. The average molecular weight is 309 g/mol. The summed E-state index contributed by atoms with van der Waals surface area (Å²) >= 11 is 1.64. The summed E-state index contributed by atoms with van der Waals surface area (Å²) in [4.78, 5) is 4.51. The third-order valence-corrected chi connectivity index (χ3v) is 4.08. The van der Waals surface area contributed by atoms with Crippen LogP contribution in [0.5, 0.6) is 0 Å². The molecule has 0 amide bonds. The minimum absolute atomic E-state index is 0.609. The Kier molecular flexibility index (Phi) is 3.01. The van der Waals surface area contributed by atoms with Gasteiger partial charge in [0.1, 0.15) is 5.01 Å². The summed E-state index contributed by atoms with van der Waals surface area (Å²) in [5.74, 6) is 0.673. The van der Waals surface area contributed by atoms with E-state index in [0.29, 0.717) is 11.5 Å². The Labute approximate surface area is 129 Å². The lowest BCUT2D eigenvalue weighted by Gasteiger charge is -2.06. The number of aromatic nitrogens is 6. The standard InChI is InChI=1S/C14H11N7S/c1-9-8-22-14(15-9)10-3-2-4-11(7-10)16-12-5-6-13-17-19-20-21(13)18-12/h2-8H,1H3,(H,16,18). The van der Waals surface area contributed by atoms with Gasteiger partial charge < -0.3 is 5.32 Å². The van der Waals surface area contributed by atoms with E-state index in [1.165, 1.54) is 4.63 Å². The van der Waals surface area contributed by atoms with Crippen LogP contribution in [-0.4, -0.2) is 30.2 Å². The van der Waals surface area contributed by atoms with Crippen molar-refractivity contribution in [3.8, 4) is 10.6 Å². The fraction of sp³-hybridized carbons (Fsp3) is 0.0714. The van der Waals surface area contributed by atoms with E-state index >= 15 is 0 Å². The van der Waals surface area contributed by atoms with E-state index in [9.17, 15) is 0 Å². The average Bonchev–Trinajstić information content (AvgIpc) is 3.16. The van der Waals surface area contributed by atoms with Crippen molar-refractivity contribution in [1.82, 2.24) is 30.2 Å². The Balaban J connectivity index is 1.65. The molecule has 4 aromatic rings. The van der Waals surface area contributed by atoms with E-state index in [0.717, 1.165) is 22.0 Å². The maximum absolute atomic E-state index is 4.51. The Bertz CT molecular complexity index is 943. The lowest BCUT2D eigenvalue weighted by molar-refractivity contribution is 0.736. The van der Waals surface area contributed by atoms with Crippen molar-refractivity contribution in [1.29, 1.82) is 0 Å². The van der Waals surface area contributed by atoms with Crippen LogP contribution >= 0.6 is 11.3 Å². The minimum Gasteiger partial charge on any atom is -0.339 e. The van der Waals surface area contributed by atoms with E-state index in [2.05, 4.69) is 30.9 Å². The molecule has 108 valence electrons. The SMILES string of the molecule is Cc1csc(-c2cccc(Nc3ccc4nnnn4n3)c2)n1. The summed E-state index contributed by atoms with van der Waals surface area (Å²) in [7, 11) is 0. The summed E-state index contributed by atoms with van der Waals surface area (Å²) in [6.07, 6.45) is 0. The van der Waals surface area contributed by atoms with Gasteiger partial charge in [-0.1, -0.05) is 12.1 Å². The number of benzene rings is 1. The summed E-state index contributed by atoms with van der Waals surface area (Å²) in [5.41, 5.74) is 3.65. The van der Waals surface area contributed by atoms with Crippen LogP contribution in [0.1, 0.15) is 5.69 Å². The van der Waals surface area contributed by atoms with Crippen molar-refractivity contribution in [2.24, 2.45) is 0 Å². The molecule has 0 bridgehead atoms. The first-order chi connectivity index (χ1) is 10.8. The third kappa shape index (κ3) is 2.40. The molecule has 3 heterocycles. The largest absolute Gasteiger partial charge is 0.339 e. The maximum Gasteiger partial charge on any atom is 0.200 e. The van der Waals surface area contributed by atoms with Crippen molar-refractivity contribution in [2.45, 2.75) is 6.92 Å². The van der Waals surface area contributed by atoms with Crippen molar-refractivity contribution in [3.05, 3.63) is 47.5 Å². The first-order valence-electron chi connectivity index (χ1n) is 6.63. The molecule has 8 heteroatoms. The molecule has 0 saturated carbocycles. The smallest absolute Gasteiger partial charge is 0.200 e. The first-order valence-corrected chi connectivity index (χ1v) is 7.51. The van der Waals surface area contributed by atoms with Crippen molar-refractivity contribution >= 4 is 28.5 Å². The van der Waals surface area contributed by atoms with Crippen molar-refractivity contribution < 1.29 is 0 Å². The Morgan fingerprint density at radius 2 is 2.14 bits per heavy atom. The molecule has 7 nitrogen and oxygen atoms in total. The molecule has 0 spiro atoms. The predicted octanol–water partition coefficient (Wildman–Crippen LogP) is 2.69. The van der Waals surface area contributed by atoms with Crippen LogP contribution in [0.3, 0.4) is 0 Å². The second-order valence-electron chi connectivity index (χ2n) is 4.74. The number of rotatable bonds is 3. The van der Waals surface area contributed by atoms with Crippen LogP contribution < -0.4 is 5.32 Å². The van der Waals surface area contributed by atoms with Gasteiger partial charge in [0.25, 0.3) is 0 Å². The van der Waals surface area contributed by atoms with E-state index in [-0.39, 0.29) is 0 Å². The van der Waals surface area contributed by atoms with Crippen LogP contribution in [-0.2, 0) is 0 Å². The lowest BCUT2D eigenvalue weighted by atomic mass is 10.2. The normalized spacial score (nSPS) is 11.0. The Morgan fingerprint density at radius 3 is 3.00 bits per heavy atom. The minimum atomic E-state index is 0.609. The zero-order chi connectivity index (χ0) is 14.9. The number of hydrogen-bond donors (Lipinski definition) is 1. The highest BCUT2D eigenvalue weighted by atomic mass is 32.1. The van der Waals surface area contributed by atoms with Gasteiger partial charge in [0, 0.05) is 22.3 Å². The molecule has 0 aliphatic heterocycles. The predicted molar refractivity (Wildman–Crippen MR) is 84.1 cm³/mol. The lowest BCUT2D eigenvalue weighted by Crippen LogP contribution is -2.00. The zero-order valence-electron chi connectivity index (χ0n) is 11.6. The number of aryl methyl sites for hydroxylation is 1. The Hall–Kier alpha value is -2.87. The molecule has 0 unspecified atom stereocenters. The maximum atomic E-state index is 4.51. The molecule has 1 N–H and O–H groups in total. The summed E-state index contributed by atoms with van der Waals surface area (Å²) in [6, 6.07) is 11.7. The van der Waals surface area contributed by atoms with Gasteiger partial charge in [-0.05, 0) is 41.6 Å². The van der Waals surface area contributed by atoms with Gasteiger partial charge in [-0.15, -0.1) is 26.2 Å². The summed E-state index contributed by atoms with van der Waals surface area (Å²) < 4.78 is 1.39. The van der Waals surface area contributed by atoms with Gasteiger partial charge in [0.15, 0.2) is 11.5 Å². The third-order valence-electron chi connectivity index (χ3n) is 3.07. The fourth-order valence-electron chi connectivity index (χ4n) is 2.08. The number of nitrogens with zero attached hydrogens (tertiary/aromatic N) is 6. The van der Waals surface area contributed by atoms with Gasteiger partial charge in [0.2, 0.25) is 0 Å². The molecule has 22 heavy (non-hydrogen) atoms. The molecule has 1 aromatic carbocycles. The number of fused-ring (bicyclic) bond motifs is 1. The molecule has 3 aromatic heterocycles. The highest BCUT2D eigenvalue weighted by Gasteiger charge is 2.05. The van der Waals surface area contributed by atoms with Crippen LogP contribution in [0.15, 0.2) is 41.8 Å². The van der Waals surface area contributed by atoms with Gasteiger partial charge in [-0.2, -0.15) is 0 Å². The number of anilines is 2. The highest BCUT2D eigenvalue weighted by molar-refractivity contribution is 7.13. The van der Waals surface area contributed by atoms with Gasteiger partial charge in [-0.25, -0.2) is 4.98 Å². The van der Waals surface area contributed by atoms with E-state index < -0.39 is 0 Å². The molecule has 0 atom stereocenters. The molecule has 0 aliphatic carbocycles. The van der Waals surface area contributed by atoms with Crippen molar-refractivity contribution in [2.75, 3.05) is 5.32 Å². The fourth-order valence-corrected chi connectivity index (χ4v) is 2.88. The molecule has 0 saturated heterocycles. The highest BCUT2D eigenvalue weighted by Crippen LogP contribution is 2.26. The molecule has 4 rings (SSSR count). The van der Waals surface area contributed by atoms with Crippen molar-refractivity contribution in [3.63, 3.8) is 0 Å². The number of tetrazole rings is 1. The van der Waals surface area contributed by atoms with E-state index in [4.69, 9.17) is 0 Å². The van der Waals surface area contributed by atoms with Crippen LogP contribution in [0.25, 0.3) is 16.2 Å². The number of hydrogen-bond acceptors (Lipinski definition) is 7. The summed E-state index contributed by atoms with van der Waals surface area (Å²) in [5, 5.41) is 21.8. The second-order valence-corrected chi connectivity index (χ2v) is 5.60. The van der Waals surface area contributed by atoms with Crippen LogP contribution in [0.2, 0.25) is 0 Å². The molecule has 0 radical (unpaired) electrons.